The molecule has 2 amide bonds. The monoisotopic (exact) mass is 329 g/mol. The maximum Gasteiger partial charge on any atom is 0.321 e. The summed E-state index contributed by atoms with van der Waals surface area (Å²) in [5, 5.41) is 18.2. The second-order valence-electron chi connectivity index (χ2n) is 6.13. The van der Waals surface area contributed by atoms with Crippen LogP contribution in [-0.2, 0) is 0 Å². The number of hydrogen-bond donors (Lipinski definition) is 1. The third-order valence-electron chi connectivity index (χ3n) is 4.66. The highest BCUT2D eigenvalue weighted by Gasteiger charge is 2.30. The molecule has 0 radical (unpaired) electrons. The SMILES string of the molecule is N#Cc1ccccc1N1CCN(CN2CCN(CCO)C2=O)CC1. The van der Waals surface area contributed by atoms with Gasteiger partial charge in [0.1, 0.15) is 6.07 Å². The highest BCUT2D eigenvalue weighted by molar-refractivity contribution is 5.76. The summed E-state index contributed by atoms with van der Waals surface area (Å²) in [7, 11) is 0. The van der Waals surface area contributed by atoms with Crippen LogP contribution in [0.3, 0.4) is 0 Å². The van der Waals surface area contributed by atoms with Gasteiger partial charge in [-0.15, -0.1) is 0 Å². The first kappa shape index (κ1) is 16.6. The van der Waals surface area contributed by atoms with Crippen LogP contribution in [0.4, 0.5) is 10.5 Å². The molecule has 0 saturated carbocycles. The minimum absolute atomic E-state index is 0.0105. The van der Waals surface area contributed by atoms with Crippen molar-refractivity contribution in [1.29, 1.82) is 5.26 Å². The lowest BCUT2D eigenvalue weighted by Crippen LogP contribution is -2.51. The van der Waals surface area contributed by atoms with Crippen molar-refractivity contribution in [2.75, 3.05) is 64.0 Å². The lowest BCUT2D eigenvalue weighted by molar-refractivity contribution is 0.140. The Kier molecular flexibility index (Phi) is 5.18. The Hall–Kier alpha value is -2.30. The second-order valence-corrected chi connectivity index (χ2v) is 6.13. The van der Waals surface area contributed by atoms with Crippen LogP contribution in [0.5, 0.6) is 0 Å². The predicted octanol–water partition coefficient (Wildman–Crippen LogP) is 0.368. The van der Waals surface area contributed by atoms with Crippen molar-refractivity contribution in [3.63, 3.8) is 0 Å². The number of rotatable bonds is 5. The first-order valence-corrected chi connectivity index (χ1v) is 8.34. The van der Waals surface area contributed by atoms with Crippen LogP contribution in [0, 0.1) is 11.3 Å². The number of benzene rings is 1. The van der Waals surface area contributed by atoms with Crippen LogP contribution < -0.4 is 4.90 Å². The standard InChI is InChI=1S/C17H23N5O2/c18-13-15-3-1-2-4-16(15)20-7-5-19(6-8-20)14-22-10-9-21(11-12-23)17(22)24/h1-4,23H,5-12,14H2. The molecule has 0 unspecified atom stereocenters. The van der Waals surface area contributed by atoms with Gasteiger partial charge in [-0.25, -0.2) is 4.79 Å². The van der Waals surface area contributed by atoms with Crippen molar-refractivity contribution >= 4 is 11.7 Å². The zero-order chi connectivity index (χ0) is 16.9. The number of piperazine rings is 1. The summed E-state index contributed by atoms with van der Waals surface area (Å²) in [4.78, 5) is 20.2. The summed E-state index contributed by atoms with van der Waals surface area (Å²) < 4.78 is 0. The fourth-order valence-electron chi connectivity index (χ4n) is 3.31. The number of nitrogens with zero attached hydrogens (tertiary/aromatic N) is 5. The Bertz CT molecular complexity index is 622. The van der Waals surface area contributed by atoms with E-state index in [1.54, 1.807) is 4.90 Å². The van der Waals surface area contributed by atoms with Crippen LogP contribution in [-0.4, -0.2) is 84.9 Å². The number of urea groups is 1. The second kappa shape index (κ2) is 7.51. The number of carbonyl (C=O) groups is 1. The molecule has 0 aliphatic carbocycles. The molecule has 24 heavy (non-hydrogen) atoms. The van der Waals surface area contributed by atoms with Crippen LogP contribution >= 0.6 is 0 Å². The predicted molar refractivity (Wildman–Crippen MR) is 90.6 cm³/mol. The van der Waals surface area contributed by atoms with E-state index in [1.165, 1.54) is 0 Å². The van der Waals surface area contributed by atoms with Crippen molar-refractivity contribution in [2.24, 2.45) is 0 Å². The van der Waals surface area contributed by atoms with Gasteiger partial charge in [-0.1, -0.05) is 12.1 Å². The van der Waals surface area contributed by atoms with Gasteiger partial charge < -0.3 is 19.8 Å². The van der Waals surface area contributed by atoms with Gasteiger partial charge >= 0.3 is 6.03 Å². The molecule has 7 nitrogen and oxygen atoms in total. The minimum Gasteiger partial charge on any atom is -0.395 e. The molecule has 7 heteroatoms. The third kappa shape index (κ3) is 3.45. The van der Waals surface area contributed by atoms with E-state index in [9.17, 15) is 10.1 Å². The number of amides is 2. The third-order valence-corrected chi connectivity index (χ3v) is 4.66. The van der Waals surface area contributed by atoms with Crippen molar-refractivity contribution in [2.45, 2.75) is 0 Å². The maximum atomic E-state index is 12.2. The highest BCUT2D eigenvalue weighted by Crippen LogP contribution is 2.21. The van der Waals surface area contributed by atoms with E-state index in [1.807, 2.05) is 29.2 Å². The normalized spacial score (nSPS) is 19.0. The Morgan fingerprint density at radius 1 is 1.04 bits per heavy atom. The van der Waals surface area contributed by atoms with E-state index in [-0.39, 0.29) is 12.6 Å². The molecule has 2 aliphatic rings. The molecule has 2 saturated heterocycles. The summed E-state index contributed by atoms with van der Waals surface area (Å²) in [6.07, 6.45) is 0. The van der Waals surface area contributed by atoms with Crippen LogP contribution in [0.25, 0.3) is 0 Å². The van der Waals surface area contributed by atoms with Crippen LogP contribution in [0.2, 0.25) is 0 Å². The summed E-state index contributed by atoms with van der Waals surface area (Å²) >= 11 is 0. The van der Waals surface area contributed by atoms with Gasteiger partial charge in [0, 0.05) is 45.8 Å². The molecule has 0 aromatic heterocycles. The number of anilines is 1. The summed E-state index contributed by atoms with van der Waals surface area (Å²) in [6.45, 7) is 5.89. The number of nitriles is 1. The number of hydrogen-bond acceptors (Lipinski definition) is 5. The highest BCUT2D eigenvalue weighted by atomic mass is 16.3. The Morgan fingerprint density at radius 2 is 1.75 bits per heavy atom. The van der Waals surface area contributed by atoms with E-state index >= 15 is 0 Å². The van der Waals surface area contributed by atoms with Gasteiger partial charge in [0.05, 0.1) is 24.5 Å². The summed E-state index contributed by atoms with van der Waals surface area (Å²) in [5.74, 6) is 0. The van der Waals surface area contributed by atoms with Gasteiger partial charge in [0.2, 0.25) is 0 Å². The summed E-state index contributed by atoms with van der Waals surface area (Å²) in [6, 6.07) is 9.95. The number of aliphatic hydroxyl groups is 1. The maximum absolute atomic E-state index is 12.2. The van der Waals surface area contributed by atoms with Gasteiger partial charge in [-0.2, -0.15) is 5.26 Å². The summed E-state index contributed by atoms with van der Waals surface area (Å²) in [5.41, 5.74) is 1.70. The molecule has 0 atom stereocenters. The Labute approximate surface area is 142 Å². The lowest BCUT2D eigenvalue weighted by atomic mass is 10.1. The molecule has 3 rings (SSSR count). The Morgan fingerprint density at radius 3 is 2.46 bits per heavy atom. The number of carbonyl (C=O) groups excluding carboxylic acids is 1. The quantitative estimate of drug-likeness (QED) is 0.845. The van der Waals surface area contributed by atoms with E-state index < -0.39 is 0 Å². The molecule has 1 N–H and O–H groups in total. The van der Waals surface area contributed by atoms with Gasteiger partial charge in [0.25, 0.3) is 0 Å². The number of β-amino-alcohol motifs (C(OH)–C–C–N with tert-alkyl or cyclic N) is 1. The van der Waals surface area contributed by atoms with Crippen LogP contribution in [0.1, 0.15) is 5.56 Å². The van der Waals surface area contributed by atoms with Crippen LogP contribution in [0.15, 0.2) is 24.3 Å². The lowest BCUT2D eigenvalue weighted by Gasteiger charge is -2.37. The average molecular weight is 329 g/mol. The first-order chi connectivity index (χ1) is 11.7. The molecule has 0 bridgehead atoms. The average Bonchev–Trinajstić information content (AvgIpc) is 2.96. The Balaban J connectivity index is 1.53. The largest absolute Gasteiger partial charge is 0.395 e. The molecular weight excluding hydrogens is 306 g/mol. The number of para-hydroxylation sites is 1. The van der Waals surface area contributed by atoms with Gasteiger partial charge in [0.15, 0.2) is 0 Å². The van der Waals surface area contributed by atoms with Gasteiger partial charge in [-0.3, -0.25) is 4.90 Å². The van der Waals surface area contributed by atoms with E-state index in [0.29, 0.717) is 25.3 Å². The smallest absolute Gasteiger partial charge is 0.321 e. The molecule has 2 heterocycles. The molecule has 1 aromatic carbocycles. The molecule has 128 valence electrons. The van der Waals surface area contributed by atoms with E-state index in [4.69, 9.17) is 5.11 Å². The topological polar surface area (TPSA) is 74.1 Å². The minimum atomic E-state index is 0.0105. The van der Waals surface area contributed by atoms with Crippen molar-refractivity contribution < 1.29 is 9.90 Å². The van der Waals surface area contributed by atoms with Gasteiger partial charge in [-0.05, 0) is 12.1 Å². The van der Waals surface area contributed by atoms with Crippen molar-refractivity contribution in [3.8, 4) is 6.07 Å². The van der Waals surface area contributed by atoms with E-state index in [2.05, 4.69) is 15.9 Å². The molecule has 0 spiro atoms. The fraction of sp³-hybridized carbons (Fsp3) is 0.529. The first-order valence-electron chi connectivity index (χ1n) is 8.34. The fourth-order valence-corrected chi connectivity index (χ4v) is 3.31. The molecule has 2 aliphatic heterocycles. The molecular formula is C17H23N5O2. The molecule has 2 fully saturated rings. The number of aliphatic hydroxyl groups excluding tert-OH is 1. The van der Waals surface area contributed by atoms with Crippen molar-refractivity contribution in [3.05, 3.63) is 29.8 Å². The molecule has 1 aromatic rings. The zero-order valence-electron chi connectivity index (χ0n) is 13.8. The zero-order valence-corrected chi connectivity index (χ0v) is 13.8. The van der Waals surface area contributed by atoms with Crippen molar-refractivity contribution in [1.82, 2.24) is 14.7 Å². The van der Waals surface area contributed by atoms with E-state index in [0.717, 1.165) is 38.4 Å².